The SMILES string of the molecule is CCCCNC(=S)NCc1cnccc1C. The molecule has 0 aliphatic rings. The summed E-state index contributed by atoms with van der Waals surface area (Å²) in [5, 5.41) is 7.07. The highest BCUT2D eigenvalue weighted by Gasteiger charge is 1.98. The minimum atomic E-state index is 0.719. The molecule has 0 saturated heterocycles. The Hall–Kier alpha value is -1.16. The molecule has 0 radical (unpaired) electrons. The summed E-state index contributed by atoms with van der Waals surface area (Å²) in [6, 6.07) is 2.00. The van der Waals surface area contributed by atoms with Crippen molar-refractivity contribution in [1.82, 2.24) is 15.6 Å². The third kappa shape index (κ3) is 4.57. The smallest absolute Gasteiger partial charge is 0.166 e. The van der Waals surface area contributed by atoms with Gasteiger partial charge in [-0.3, -0.25) is 4.98 Å². The third-order valence-corrected chi connectivity index (χ3v) is 2.69. The lowest BCUT2D eigenvalue weighted by atomic mass is 10.2. The summed E-state index contributed by atoms with van der Waals surface area (Å²) in [6.45, 7) is 5.91. The Bertz CT molecular complexity index is 339. The van der Waals surface area contributed by atoms with Gasteiger partial charge in [-0.05, 0) is 42.8 Å². The van der Waals surface area contributed by atoms with Crippen molar-refractivity contribution in [3.05, 3.63) is 29.6 Å². The van der Waals surface area contributed by atoms with E-state index >= 15 is 0 Å². The molecular weight excluding hydrogens is 218 g/mol. The molecule has 0 saturated carbocycles. The summed E-state index contributed by atoms with van der Waals surface area (Å²) in [4.78, 5) is 4.10. The van der Waals surface area contributed by atoms with E-state index in [4.69, 9.17) is 12.2 Å². The lowest BCUT2D eigenvalue weighted by Crippen LogP contribution is -2.35. The summed E-state index contributed by atoms with van der Waals surface area (Å²) in [7, 11) is 0. The van der Waals surface area contributed by atoms with E-state index < -0.39 is 0 Å². The average molecular weight is 237 g/mol. The molecule has 0 atom stereocenters. The topological polar surface area (TPSA) is 37.0 Å². The van der Waals surface area contributed by atoms with Gasteiger partial charge < -0.3 is 10.6 Å². The number of hydrogen-bond acceptors (Lipinski definition) is 2. The normalized spacial score (nSPS) is 9.88. The molecular formula is C12H19N3S. The van der Waals surface area contributed by atoms with Crippen molar-refractivity contribution in [3.63, 3.8) is 0 Å². The maximum absolute atomic E-state index is 5.17. The highest BCUT2D eigenvalue weighted by Crippen LogP contribution is 2.03. The molecule has 0 aliphatic heterocycles. The molecule has 0 unspecified atom stereocenters. The van der Waals surface area contributed by atoms with E-state index in [-0.39, 0.29) is 0 Å². The number of hydrogen-bond donors (Lipinski definition) is 2. The van der Waals surface area contributed by atoms with Gasteiger partial charge in [0, 0.05) is 25.5 Å². The summed E-state index contributed by atoms with van der Waals surface area (Å²) in [6.07, 6.45) is 6.00. The van der Waals surface area contributed by atoms with Gasteiger partial charge in [0.05, 0.1) is 0 Å². The van der Waals surface area contributed by atoms with Crippen LogP contribution in [0.25, 0.3) is 0 Å². The van der Waals surface area contributed by atoms with Gasteiger partial charge in [0.25, 0.3) is 0 Å². The van der Waals surface area contributed by atoms with E-state index in [9.17, 15) is 0 Å². The molecule has 4 heteroatoms. The van der Waals surface area contributed by atoms with E-state index in [0.717, 1.165) is 24.6 Å². The van der Waals surface area contributed by atoms with Gasteiger partial charge in [0.1, 0.15) is 0 Å². The maximum atomic E-state index is 5.17. The van der Waals surface area contributed by atoms with Crippen molar-refractivity contribution < 1.29 is 0 Å². The standard InChI is InChI=1S/C12H19N3S/c1-3-4-6-14-12(16)15-9-11-8-13-7-5-10(11)2/h5,7-8H,3-4,6,9H2,1-2H3,(H2,14,15,16). The van der Waals surface area contributed by atoms with Crippen LogP contribution in [0.5, 0.6) is 0 Å². The van der Waals surface area contributed by atoms with Crippen LogP contribution in [0.1, 0.15) is 30.9 Å². The Morgan fingerprint density at radius 1 is 1.44 bits per heavy atom. The molecule has 16 heavy (non-hydrogen) atoms. The number of unbranched alkanes of at least 4 members (excludes halogenated alkanes) is 1. The van der Waals surface area contributed by atoms with E-state index in [0.29, 0.717) is 0 Å². The number of nitrogens with one attached hydrogen (secondary N) is 2. The number of nitrogens with zero attached hydrogens (tertiary/aromatic N) is 1. The molecule has 0 aromatic carbocycles. The highest BCUT2D eigenvalue weighted by atomic mass is 32.1. The molecule has 1 rings (SSSR count). The van der Waals surface area contributed by atoms with E-state index in [1.807, 2.05) is 12.3 Å². The summed E-state index contributed by atoms with van der Waals surface area (Å²) < 4.78 is 0. The van der Waals surface area contributed by atoms with Crippen molar-refractivity contribution in [2.45, 2.75) is 33.2 Å². The molecule has 0 amide bonds. The van der Waals surface area contributed by atoms with Crippen LogP contribution in [0.4, 0.5) is 0 Å². The van der Waals surface area contributed by atoms with Crippen LogP contribution in [0.3, 0.4) is 0 Å². The van der Waals surface area contributed by atoms with E-state index in [2.05, 4.69) is 29.5 Å². The quantitative estimate of drug-likeness (QED) is 0.608. The molecule has 2 N–H and O–H groups in total. The average Bonchev–Trinajstić information content (AvgIpc) is 2.28. The van der Waals surface area contributed by atoms with Crippen molar-refractivity contribution in [2.75, 3.05) is 6.54 Å². The van der Waals surface area contributed by atoms with Crippen LogP contribution in [0.15, 0.2) is 18.5 Å². The number of thiocarbonyl (C=S) groups is 1. The Balaban J connectivity index is 2.29. The Morgan fingerprint density at radius 2 is 2.25 bits per heavy atom. The third-order valence-electron chi connectivity index (χ3n) is 2.40. The van der Waals surface area contributed by atoms with Crippen molar-refractivity contribution in [2.24, 2.45) is 0 Å². The monoisotopic (exact) mass is 237 g/mol. The molecule has 3 nitrogen and oxygen atoms in total. The van der Waals surface area contributed by atoms with E-state index in [1.54, 1.807) is 6.20 Å². The first kappa shape index (κ1) is 12.9. The second-order valence-electron chi connectivity index (χ2n) is 3.77. The van der Waals surface area contributed by atoms with E-state index in [1.165, 1.54) is 17.5 Å². The van der Waals surface area contributed by atoms with Gasteiger partial charge >= 0.3 is 0 Å². The Kier molecular flexibility index (Phi) is 5.78. The zero-order valence-electron chi connectivity index (χ0n) is 9.92. The molecule has 1 aromatic rings. The van der Waals surface area contributed by atoms with Gasteiger partial charge in [0.15, 0.2) is 5.11 Å². The summed E-state index contributed by atoms with van der Waals surface area (Å²) in [5.41, 5.74) is 2.42. The van der Waals surface area contributed by atoms with Gasteiger partial charge in [-0.2, -0.15) is 0 Å². The molecule has 1 aromatic heterocycles. The Morgan fingerprint density at radius 3 is 2.94 bits per heavy atom. The first-order valence-electron chi connectivity index (χ1n) is 5.65. The van der Waals surface area contributed by atoms with Gasteiger partial charge in [0.2, 0.25) is 0 Å². The molecule has 0 spiro atoms. The lowest BCUT2D eigenvalue weighted by Gasteiger charge is -2.11. The summed E-state index contributed by atoms with van der Waals surface area (Å²) in [5.74, 6) is 0. The summed E-state index contributed by atoms with van der Waals surface area (Å²) >= 11 is 5.17. The largest absolute Gasteiger partial charge is 0.363 e. The first-order valence-corrected chi connectivity index (χ1v) is 6.06. The predicted octanol–water partition coefficient (Wildman–Crippen LogP) is 2.15. The van der Waals surface area contributed by atoms with Gasteiger partial charge in [-0.15, -0.1) is 0 Å². The van der Waals surface area contributed by atoms with Crippen LogP contribution >= 0.6 is 12.2 Å². The number of aryl methyl sites for hydroxylation is 1. The van der Waals surface area contributed by atoms with Gasteiger partial charge in [-0.1, -0.05) is 13.3 Å². The molecule has 88 valence electrons. The molecule has 1 heterocycles. The zero-order valence-corrected chi connectivity index (χ0v) is 10.7. The number of pyridine rings is 1. The minimum Gasteiger partial charge on any atom is -0.363 e. The minimum absolute atomic E-state index is 0.719. The maximum Gasteiger partial charge on any atom is 0.166 e. The van der Waals surface area contributed by atoms with Crippen LogP contribution in [-0.2, 0) is 6.54 Å². The highest BCUT2D eigenvalue weighted by molar-refractivity contribution is 7.80. The van der Waals surface area contributed by atoms with Crippen LogP contribution in [0.2, 0.25) is 0 Å². The molecule has 0 fully saturated rings. The predicted molar refractivity (Wildman–Crippen MR) is 71.3 cm³/mol. The second kappa shape index (κ2) is 7.17. The molecule has 0 aliphatic carbocycles. The fourth-order valence-corrected chi connectivity index (χ4v) is 1.47. The fourth-order valence-electron chi connectivity index (χ4n) is 1.30. The van der Waals surface area contributed by atoms with Crippen molar-refractivity contribution in [3.8, 4) is 0 Å². The fraction of sp³-hybridized carbons (Fsp3) is 0.500. The number of rotatable bonds is 5. The van der Waals surface area contributed by atoms with Crippen molar-refractivity contribution in [1.29, 1.82) is 0 Å². The zero-order chi connectivity index (χ0) is 11.8. The van der Waals surface area contributed by atoms with Crippen LogP contribution < -0.4 is 10.6 Å². The lowest BCUT2D eigenvalue weighted by molar-refractivity contribution is 0.738. The van der Waals surface area contributed by atoms with Gasteiger partial charge in [-0.25, -0.2) is 0 Å². The second-order valence-corrected chi connectivity index (χ2v) is 4.17. The first-order chi connectivity index (χ1) is 7.74. The van der Waals surface area contributed by atoms with Crippen molar-refractivity contribution >= 4 is 17.3 Å². The van der Waals surface area contributed by atoms with Crippen LogP contribution in [-0.4, -0.2) is 16.6 Å². The Labute approximate surface area is 103 Å². The van der Waals surface area contributed by atoms with Crippen LogP contribution in [0, 0.1) is 6.92 Å². The number of aromatic nitrogens is 1. The molecule has 0 bridgehead atoms.